The Morgan fingerprint density at radius 3 is 2.00 bits per heavy atom. The first kappa shape index (κ1) is 13.4. The molecule has 0 aromatic rings. The summed E-state index contributed by atoms with van der Waals surface area (Å²) in [6.07, 6.45) is 9.79. The number of hydrogen-bond donors (Lipinski definition) is 1. The molecule has 1 saturated heterocycles. The van der Waals surface area contributed by atoms with Crippen molar-refractivity contribution in [3.05, 3.63) is 0 Å². The highest BCUT2D eigenvalue weighted by Gasteiger charge is 2.33. The van der Waals surface area contributed by atoms with Gasteiger partial charge >= 0.3 is 0 Å². The van der Waals surface area contributed by atoms with Crippen molar-refractivity contribution in [3.63, 3.8) is 0 Å². The molecule has 1 N–H and O–H groups in total. The zero-order valence-electron chi connectivity index (χ0n) is 12.0. The zero-order valence-corrected chi connectivity index (χ0v) is 12.0. The normalized spacial score (nSPS) is 36.2. The van der Waals surface area contributed by atoms with E-state index in [9.17, 15) is 0 Å². The van der Waals surface area contributed by atoms with Crippen LogP contribution in [0, 0.1) is 0 Å². The first-order valence-corrected chi connectivity index (χ1v) is 7.61. The van der Waals surface area contributed by atoms with Crippen molar-refractivity contribution in [3.8, 4) is 0 Å². The van der Waals surface area contributed by atoms with Crippen LogP contribution in [-0.2, 0) is 0 Å². The van der Waals surface area contributed by atoms with Gasteiger partial charge in [-0.25, -0.2) is 0 Å². The van der Waals surface area contributed by atoms with E-state index in [1.54, 1.807) is 0 Å². The van der Waals surface area contributed by atoms with Gasteiger partial charge in [-0.3, -0.25) is 4.90 Å². The minimum Gasteiger partial charge on any atom is -0.312 e. The molecule has 0 spiro atoms. The summed E-state index contributed by atoms with van der Waals surface area (Å²) in [5, 5.41) is 3.69. The van der Waals surface area contributed by atoms with Gasteiger partial charge in [-0.2, -0.15) is 0 Å². The van der Waals surface area contributed by atoms with Crippen molar-refractivity contribution in [2.45, 2.75) is 83.3 Å². The second kappa shape index (κ2) is 5.71. The first-order chi connectivity index (χ1) is 8.10. The Morgan fingerprint density at radius 2 is 1.47 bits per heavy atom. The summed E-state index contributed by atoms with van der Waals surface area (Å²) < 4.78 is 0. The molecular weight excluding hydrogens is 208 g/mol. The predicted octanol–water partition coefficient (Wildman–Crippen LogP) is 3.17. The maximum atomic E-state index is 3.69. The van der Waals surface area contributed by atoms with Crippen LogP contribution in [0.3, 0.4) is 0 Å². The molecule has 1 saturated carbocycles. The van der Waals surface area contributed by atoms with Crippen molar-refractivity contribution in [1.82, 2.24) is 10.2 Å². The second-order valence-electron chi connectivity index (χ2n) is 6.59. The average molecular weight is 238 g/mol. The third-order valence-electron chi connectivity index (χ3n) is 4.93. The summed E-state index contributed by atoms with van der Waals surface area (Å²) in [5.41, 5.74) is 0.509. The Bertz CT molecular complexity index is 221. The van der Waals surface area contributed by atoms with Crippen LogP contribution < -0.4 is 5.32 Å². The Morgan fingerprint density at radius 1 is 0.941 bits per heavy atom. The number of nitrogens with one attached hydrogen (secondary N) is 1. The van der Waals surface area contributed by atoms with Crippen molar-refractivity contribution in [2.24, 2.45) is 0 Å². The molecule has 2 atom stereocenters. The zero-order chi connectivity index (χ0) is 12.3. The lowest BCUT2D eigenvalue weighted by Gasteiger charge is -2.46. The van der Waals surface area contributed by atoms with Gasteiger partial charge in [-0.15, -0.1) is 0 Å². The molecule has 2 aliphatic rings. The van der Waals surface area contributed by atoms with E-state index >= 15 is 0 Å². The van der Waals surface area contributed by atoms with E-state index in [4.69, 9.17) is 0 Å². The molecule has 1 heterocycles. The van der Waals surface area contributed by atoms with Crippen LogP contribution in [0.2, 0.25) is 0 Å². The minimum atomic E-state index is 0.509. The van der Waals surface area contributed by atoms with Gasteiger partial charge in [-0.05, 0) is 46.5 Å². The Kier molecular flexibility index (Phi) is 4.48. The molecular formula is C15H30N2. The minimum absolute atomic E-state index is 0.509. The molecule has 0 aromatic heterocycles. The van der Waals surface area contributed by atoms with Crippen LogP contribution in [0.15, 0.2) is 0 Å². The van der Waals surface area contributed by atoms with Gasteiger partial charge in [-0.1, -0.05) is 19.3 Å². The Labute approximate surface area is 107 Å². The summed E-state index contributed by atoms with van der Waals surface area (Å²) in [6, 6.07) is 1.36. The maximum absolute atomic E-state index is 3.69. The highest BCUT2D eigenvalue weighted by molar-refractivity contribution is 4.91. The third kappa shape index (κ3) is 3.45. The maximum Gasteiger partial charge on any atom is 0.0181 e. The van der Waals surface area contributed by atoms with Crippen molar-refractivity contribution >= 4 is 0 Å². The molecule has 2 unspecified atom stereocenters. The fourth-order valence-corrected chi connectivity index (χ4v) is 3.63. The molecule has 2 nitrogen and oxygen atoms in total. The van der Waals surface area contributed by atoms with Crippen LogP contribution >= 0.6 is 0 Å². The van der Waals surface area contributed by atoms with E-state index in [0.717, 1.165) is 0 Å². The SMILES string of the molecule is CC1CCN(C2(C)CCCCC2)CCC(C)N1. The topological polar surface area (TPSA) is 15.3 Å². The average Bonchev–Trinajstić information content (AvgIpc) is 2.27. The van der Waals surface area contributed by atoms with E-state index in [1.807, 2.05) is 0 Å². The van der Waals surface area contributed by atoms with Crippen molar-refractivity contribution < 1.29 is 0 Å². The highest BCUT2D eigenvalue weighted by atomic mass is 15.2. The van der Waals surface area contributed by atoms with Gasteiger partial charge in [0.25, 0.3) is 0 Å². The van der Waals surface area contributed by atoms with Gasteiger partial charge in [0.15, 0.2) is 0 Å². The molecule has 1 aliphatic heterocycles. The monoisotopic (exact) mass is 238 g/mol. The summed E-state index contributed by atoms with van der Waals surface area (Å²) >= 11 is 0. The molecule has 0 radical (unpaired) electrons. The molecule has 2 heteroatoms. The number of nitrogens with zero attached hydrogens (tertiary/aromatic N) is 1. The molecule has 0 amide bonds. The molecule has 0 aromatic carbocycles. The van der Waals surface area contributed by atoms with Crippen LogP contribution in [0.25, 0.3) is 0 Å². The van der Waals surface area contributed by atoms with E-state index in [1.165, 1.54) is 58.0 Å². The summed E-state index contributed by atoms with van der Waals surface area (Å²) in [6.45, 7) is 9.76. The lowest BCUT2D eigenvalue weighted by Crippen LogP contribution is -2.52. The summed E-state index contributed by atoms with van der Waals surface area (Å²) in [5.74, 6) is 0. The standard InChI is InChI=1S/C15H30N2/c1-13-7-11-17(12-8-14(2)16-13)15(3)9-5-4-6-10-15/h13-14,16H,4-12H2,1-3H3. The van der Waals surface area contributed by atoms with Gasteiger partial charge in [0.05, 0.1) is 0 Å². The van der Waals surface area contributed by atoms with Gasteiger partial charge in [0.1, 0.15) is 0 Å². The van der Waals surface area contributed by atoms with Gasteiger partial charge in [0, 0.05) is 30.7 Å². The van der Waals surface area contributed by atoms with Crippen molar-refractivity contribution in [2.75, 3.05) is 13.1 Å². The first-order valence-electron chi connectivity index (χ1n) is 7.61. The van der Waals surface area contributed by atoms with Gasteiger partial charge in [0.2, 0.25) is 0 Å². The predicted molar refractivity (Wildman–Crippen MR) is 74.4 cm³/mol. The summed E-state index contributed by atoms with van der Waals surface area (Å²) in [7, 11) is 0. The van der Waals surface area contributed by atoms with Crippen LogP contribution in [0.4, 0.5) is 0 Å². The van der Waals surface area contributed by atoms with Crippen LogP contribution in [0.5, 0.6) is 0 Å². The fraction of sp³-hybridized carbons (Fsp3) is 1.00. The Hall–Kier alpha value is -0.0800. The Balaban J connectivity index is 1.98. The van der Waals surface area contributed by atoms with Crippen LogP contribution in [0.1, 0.15) is 65.7 Å². The molecule has 0 bridgehead atoms. The molecule has 100 valence electrons. The lowest BCUT2D eigenvalue weighted by molar-refractivity contribution is 0.0520. The molecule has 2 fully saturated rings. The van der Waals surface area contributed by atoms with E-state index in [-0.39, 0.29) is 0 Å². The largest absolute Gasteiger partial charge is 0.312 e. The quantitative estimate of drug-likeness (QED) is 0.755. The number of rotatable bonds is 1. The van der Waals surface area contributed by atoms with Gasteiger partial charge < -0.3 is 5.32 Å². The third-order valence-corrected chi connectivity index (χ3v) is 4.93. The summed E-state index contributed by atoms with van der Waals surface area (Å²) in [4.78, 5) is 2.81. The van der Waals surface area contributed by atoms with Crippen LogP contribution in [-0.4, -0.2) is 35.6 Å². The second-order valence-corrected chi connectivity index (χ2v) is 6.59. The molecule has 1 aliphatic carbocycles. The lowest BCUT2D eigenvalue weighted by atomic mass is 9.81. The van der Waals surface area contributed by atoms with E-state index < -0.39 is 0 Å². The van der Waals surface area contributed by atoms with E-state index in [0.29, 0.717) is 17.6 Å². The molecule has 17 heavy (non-hydrogen) atoms. The highest BCUT2D eigenvalue weighted by Crippen LogP contribution is 2.34. The van der Waals surface area contributed by atoms with Crippen molar-refractivity contribution in [1.29, 1.82) is 0 Å². The smallest absolute Gasteiger partial charge is 0.0181 e. The van der Waals surface area contributed by atoms with E-state index in [2.05, 4.69) is 31.0 Å². The molecule has 2 rings (SSSR count). The number of hydrogen-bond acceptors (Lipinski definition) is 2. The fourth-order valence-electron chi connectivity index (χ4n) is 3.63.